The van der Waals surface area contributed by atoms with Gasteiger partial charge in [-0.05, 0) is 36.2 Å². The highest BCUT2D eigenvalue weighted by Crippen LogP contribution is 2.22. The molecule has 0 aliphatic carbocycles. The lowest BCUT2D eigenvalue weighted by Gasteiger charge is -2.25. The average molecular weight is 381 g/mol. The number of carbonyl (C=O) groups excluding carboxylic acids is 2. The van der Waals surface area contributed by atoms with Crippen LogP contribution >= 0.6 is 0 Å². The van der Waals surface area contributed by atoms with Crippen LogP contribution in [0.2, 0.25) is 0 Å². The molecule has 2 aromatic rings. The molecule has 0 saturated carbocycles. The molecule has 0 bridgehead atoms. The van der Waals surface area contributed by atoms with Crippen LogP contribution in [0.5, 0.6) is 0 Å². The van der Waals surface area contributed by atoms with E-state index in [2.05, 4.69) is 15.5 Å². The van der Waals surface area contributed by atoms with Gasteiger partial charge in [-0.2, -0.15) is 0 Å². The molecule has 1 heterocycles. The fourth-order valence-electron chi connectivity index (χ4n) is 3.29. The molecule has 1 atom stereocenters. The largest absolute Gasteiger partial charge is 0.379 e. The lowest BCUT2D eigenvalue weighted by molar-refractivity contribution is -0.118. The van der Waals surface area contributed by atoms with Crippen molar-refractivity contribution in [3.8, 4) is 0 Å². The first kappa shape index (κ1) is 20.0. The summed E-state index contributed by atoms with van der Waals surface area (Å²) >= 11 is 0. The molecule has 2 amide bonds. The normalized spacial score (nSPS) is 15.6. The maximum absolute atomic E-state index is 12.6. The third kappa shape index (κ3) is 5.65. The van der Waals surface area contributed by atoms with E-state index in [0.29, 0.717) is 31.1 Å². The summed E-state index contributed by atoms with van der Waals surface area (Å²) in [4.78, 5) is 26.9. The number of hydrogen-bond donors (Lipinski definition) is 2. The van der Waals surface area contributed by atoms with Gasteiger partial charge in [0.2, 0.25) is 11.8 Å². The molecule has 3 rings (SSSR count). The van der Waals surface area contributed by atoms with Crippen molar-refractivity contribution >= 4 is 23.2 Å². The standard InChI is InChI=1S/C22H27N3O3/c1-2-20(17-6-4-3-5-7-17)22(27)24-19-10-8-18(9-11-19)23-21(26)16-25-12-14-28-15-13-25/h3-11,20H,2,12-16H2,1H3,(H,23,26)(H,24,27). The van der Waals surface area contributed by atoms with E-state index in [9.17, 15) is 9.59 Å². The fraction of sp³-hybridized carbons (Fsp3) is 0.364. The van der Waals surface area contributed by atoms with E-state index >= 15 is 0 Å². The summed E-state index contributed by atoms with van der Waals surface area (Å²) in [5.74, 6) is -0.263. The predicted octanol–water partition coefficient (Wildman–Crippen LogP) is 3.09. The van der Waals surface area contributed by atoms with E-state index < -0.39 is 0 Å². The number of anilines is 2. The van der Waals surface area contributed by atoms with Crippen LogP contribution in [0.15, 0.2) is 54.6 Å². The number of ether oxygens (including phenoxy) is 1. The van der Waals surface area contributed by atoms with E-state index in [0.717, 1.165) is 25.1 Å². The van der Waals surface area contributed by atoms with E-state index in [1.165, 1.54) is 0 Å². The number of morpholine rings is 1. The number of nitrogens with zero attached hydrogens (tertiary/aromatic N) is 1. The number of nitrogens with one attached hydrogen (secondary N) is 2. The van der Waals surface area contributed by atoms with Crippen molar-refractivity contribution in [1.82, 2.24) is 4.90 Å². The van der Waals surface area contributed by atoms with Crippen molar-refractivity contribution in [3.05, 3.63) is 60.2 Å². The third-order valence-corrected chi connectivity index (χ3v) is 4.83. The Morgan fingerprint density at radius 2 is 1.57 bits per heavy atom. The van der Waals surface area contributed by atoms with E-state index in [4.69, 9.17) is 4.74 Å². The summed E-state index contributed by atoms with van der Waals surface area (Å²) in [5.41, 5.74) is 2.44. The Kier molecular flexibility index (Phi) is 7.17. The molecule has 0 aromatic heterocycles. The van der Waals surface area contributed by atoms with Gasteiger partial charge < -0.3 is 15.4 Å². The fourth-order valence-corrected chi connectivity index (χ4v) is 3.29. The Balaban J connectivity index is 1.53. The molecule has 28 heavy (non-hydrogen) atoms. The van der Waals surface area contributed by atoms with Crippen molar-refractivity contribution < 1.29 is 14.3 Å². The lowest BCUT2D eigenvalue weighted by atomic mass is 9.95. The highest BCUT2D eigenvalue weighted by atomic mass is 16.5. The molecule has 0 radical (unpaired) electrons. The second kappa shape index (κ2) is 10.0. The van der Waals surface area contributed by atoms with Crippen molar-refractivity contribution in [1.29, 1.82) is 0 Å². The highest BCUT2D eigenvalue weighted by Gasteiger charge is 2.18. The summed E-state index contributed by atoms with van der Waals surface area (Å²) in [5, 5.41) is 5.86. The molecule has 2 aromatic carbocycles. The molecule has 148 valence electrons. The van der Waals surface area contributed by atoms with Gasteiger partial charge in [-0.25, -0.2) is 0 Å². The van der Waals surface area contributed by atoms with Crippen LogP contribution < -0.4 is 10.6 Å². The number of rotatable bonds is 7. The van der Waals surface area contributed by atoms with Gasteiger partial charge in [-0.1, -0.05) is 37.3 Å². The zero-order valence-electron chi connectivity index (χ0n) is 16.2. The number of hydrogen-bond acceptors (Lipinski definition) is 4. The SMILES string of the molecule is CCC(C(=O)Nc1ccc(NC(=O)CN2CCOCC2)cc1)c1ccccc1. The van der Waals surface area contributed by atoms with E-state index in [-0.39, 0.29) is 17.7 Å². The van der Waals surface area contributed by atoms with Crippen LogP contribution in [0, 0.1) is 0 Å². The average Bonchev–Trinajstić information content (AvgIpc) is 2.71. The Morgan fingerprint density at radius 1 is 0.964 bits per heavy atom. The van der Waals surface area contributed by atoms with Crippen LogP contribution in [-0.2, 0) is 14.3 Å². The quantitative estimate of drug-likeness (QED) is 0.773. The highest BCUT2D eigenvalue weighted by molar-refractivity contribution is 5.96. The van der Waals surface area contributed by atoms with Crippen LogP contribution in [0.3, 0.4) is 0 Å². The molecule has 6 nitrogen and oxygen atoms in total. The molecule has 1 aliphatic rings. The van der Waals surface area contributed by atoms with Crippen molar-refractivity contribution in [2.24, 2.45) is 0 Å². The van der Waals surface area contributed by atoms with Crippen molar-refractivity contribution in [3.63, 3.8) is 0 Å². The van der Waals surface area contributed by atoms with E-state index in [1.807, 2.05) is 37.3 Å². The number of carbonyl (C=O) groups is 2. The minimum atomic E-state index is -0.186. The van der Waals surface area contributed by atoms with Gasteiger partial charge in [-0.15, -0.1) is 0 Å². The zero-order valence-corrected chi connectivity index (χ0v) is 16.2. The summed E-state index contributed by atoms with van der Waals surface area (Å²) in [7, 11) is 0. The topological polar surface area (TPSA) is 70.7 Å². The second-order valence-electron chi connectivity index (χ2n) is 6.87. The molecule has 6 heteroatoms. The summed E-state index contributed by atoms with van der Waals surface area (Å²) in [6, 6.07) is 17.0. The Hall–Kier alpha value is -2.70. The van der Waals surface area contributed by atoms with Crippen LogP contribution in [0.4, 0.5) is 11.4 Å². The maximum atomic E-state index is 12.6. The summed E-state index contributed by atoms with van der Waals surface area (Å²) in [6.45, 7) is 5.26. The lowest BCUT2D eigenvalue weighted by Crippen LogP contribution is -2.41. The molecule has 1 unspecified atom stereocenters. The second-order valence-corrected chi connectivity index (χ2v) is 6.87. The van der Waals surface area contributed by atoms with Gasteiger partial charge in [0.25, 0.3) is 0 Å². The Morgan fingerprint density at radius 3 is 2.18 bits per heavy atom. The molecule has 1 saturated heterocycles. The van der Waals surface area contributed by atoms with Crippen molar-refractivity contribution in [2.75, 3.05) is 43.5 Å². The van der Waals surface area contributed by atoms with Crippen LogP contribution in [-0.4, -0.2) is 49.6 Å². The first-order chi connectivity index (χ1) is 13.7. The zero-order chi connectivity index (χ0) is 19.8. The van der Waals surface area contributed by atoms with Gasteiger partial charge in [0.15, 0.2) is 0 Å². The maximum Gasteiger partial charge on any atom is 0.238 e. The van der Waals surface area contributed by atoms with Gasteiger partial charge in [0.05, 0.1) is 25.7 Å². The number of amides is 2. The van der Waals surface area contributed by atoms with Crippen LogP contribution in [0.25, 0.3) is 0 Å². The first-order valence-corrected chi connectivity index (χ1v) is 9.71. The Bertz CT molecular complexity index is 771. The monoisotopic (exact) mass is 381 g/mol. The van der Waals surface area contributed by atoms with Crippen molar-refractivity contribution in [2.45, 2.75) is 19.3 Å². The van der Waals surface area contributed by atoms with Crippen LogP contribution in [0.1, 0.15) is 24.8 Å². The smallest absolute Gasteiger partial charge is 0.238 e. The summed E-state index contributed by atoms with van der Waals surface area (Å²) < 4.78 is 5.29. The molecular formula is C22H27N3O3. The molecule has 1 fully saturated rings. The van der Waals surface area contributed by atoms with Gasteiger partial charge in [0.1, 0.15) is 0 Å². The van der Waals surface area contributed by atoms with Gasteiger partial charge in [-0.3, -0.25) is 14.5 Å². The molecular weight excluding hydrogens is 354 g/mol. The van der Waals surface area contributed by atoms with E-state index in [1.54, 1.807) is 24.3 Å². The molecule has 1 aliphatic heterocycles. The number of benzene rings is 2. The predicted molar refractivity (Wildman–Crippen MR) is 110 cm³/mol. The van der Waals surface area contributed by atoms with Gasteiger partial charge >= 0.3 is 0 Å². The summed E-state index contributed by atoms with van der Waals surface area (Å²) in [6.07, 6.45) is 0.728. The Labute approximate surface area is 165 Å². The minimum absolute atomic E-state index is 0.0298. The molecule has 2 N–H and O–H groups in total. The molecule has 0 spiro atoms. The third-order valence-electron chi connectivity index (χ3n) is 4.83. The minimum Gasteiger partial charge on any atom is -0.379 e. The first-order valence-electron chi connectivity index (χ1n) is 9.71. The van der Waals surface area contributed by atoms with Gasteiger partial charge in [0, 0.05) is 24.5 Å².